The van der Waals surface area contributed by atoms with Crippen LogP contribution in [0.15, 0.2) is 70.9 Å². The Morgan fingerprint density at radius 1 is 0.938 bits per heavy atom. The summed E-state index contributed by atoms with van der Waals surface area (Å²) in [5.74, 6) is -0.801. The fourth-order valence-electron chi connectivity index (χ4n) is 4.34. The number of aliphatic hydroxyl groups is 1. The maximum atomic E-state index is 12.9. The van der Waals surface area contributed by atoms with E-state index in [4.69, 9.17) is 0 Å². The molecule has 2 amide bonds. The Bertz CT molecular complexity index is 1110. The molecular formula is C26H26N2O4. The van der Waals surface area contributed by atoms with E-state index < -0.39 is 0 Å². The van der Waals surface area contributed by atoms with E-state index in [0.29, 0.717) is 36.1 Å². The molecule has 0 spiro atoms. The third-order valence-corrected chi connectivity index (χ3v) is 5.83. The average molecular weight is 431 g/mol. The van der Waals surface area contributed by atoms with E-state index in [1.54, 1.807) is 24.3 Å². The van der Waals surface area contributed by atoms with Crippen LogP contribution < -0.4 is 0 Å². The van der Waals surface area contributed by atoms with Crippen molar-refractivity contribution in [1.82, 2.24) is 4.90 Å². The number of rotatable bonds is 5. The first-order chi connectivity index (χ1) is 15.3. The second-order valence-electron chi connectivity index (χ2n) is 9.07. The van der Waals surface area contributed by atoms with Crippen molar-refractivity contribution >= 4 is 29.0 Å². The van der Waals surface area contributed by atoms with Gasteiger partial charge in [-0.1, -0.05) is 44.2 Å². The van der Waals surface area contributed by atoms with E-state index in [-0.39, 0.29) is 47.3 Å². The summed E-state index contributed by atoms with van der Waals surface area (Å²) in [6.45, 7) is 4.21. The molecule has 32 heavy (non-hydrogen) atoms. The molecule has 0 bridgehead atoms. The third kappa shape index (κ3) is 4.26. The van der Waals surface area contributed by atoms with E-state index in [2.05, 4.69) is 4.99 Å². The Morgan fingerprint density at radius 3 is 2.16 bits per heavy atom. The smallest absolute Gasteiger partial charge is 0.261 e. The summed E-state index contributed by atoms with van der Waals surface area (Å²) in [5, 5.41) is 10.8. The van der Waals surface area contributed by atoms with Gasteiger partial charge in [-0.3, -0.25) is 24.3 Å². The lowest BCUT2D eigenvalue weighted by Gasteiger charge is -2.31. The van der Waals surface area contributed by atoms with E-state index in [1.807, 2.05) is 44.2 Å². The number of para-hydroxylation sites is 1. The van der Waals surface area contributed by atoms with Crippen LogP contribution in [0.5, 0.6) is 0 Å². The van der Waals surface area contributed by atoms with E-state index in [1.165, 1.54) is 4.90 Å². The quantitative estimate of drug-likeness (QED) is 0.409. The van der Waals surface area contributed by atoms with E-state index >= 15 is 0 Å². The molecule has 1 heterocycles. The van der Waals surface area contributed by atoms with Crippen molar-refractivity contribution < 1.29 is 19.5 Å². The molecule has 2 aromatic carbocycles. The SMILES string of the molecule is CC1(C)CC(=O)C(=C(O)CCCN2C(=O)c3ccccc3C2=O)C(=Nc2ccccc2)C1. The van der Waals surface area contributed by atoms with Gasteiger partial charge in [0.2, 0.25) is 0 Å². The number of carbonyl (C=O) groups is 3. The highest BCUT2D eigenvalue weighted by atomic mass is 16.3. The van der Waals surface area contributed by atoms with Crippen molar-refractivity contribution in [2.24, 2.45) is 10.4 Å². The summed E-state index contributed by atoms with van der Waals surface area (Å²) in [4.78, 5) is 43.8. The molecule has 0 saturated heterocycles. The van der Waals surface area contributed by atoms with Gasteiger partial charge in [0.1, 0.15) is 5.76 Å². The molecule has 1 fully saturated rings. The first kappa shape index (κ1) is 21.7. The maximum absolute atomic E-state index is 12.9. The van der Waals surface area contributed by atoms with Gasteiger partial charge < -0.3 is 5.11 Å². The monoisotopic (exact) mass is 430 g/mol. The van der Waals surface area contributed by atoms with Crippen LogP contribution in [-0.4, -0.2) is 39.9 Å². The summed E-state index contributed by atoms with van der Waals surface area (Å²) >= 11 is 0. The number of aliphatic imine (C=N–C) groups is 1. The Labute approximate surface area is 187 Å². The van der Waals surface area contributed by atoms with Gasteiger partial charge in [0.25, 0.3) is 11.8 Å². The van der Waals surface area contributed by atoms with Gasteiger partial charge in [0.05, 0.1) is 28.1 Å². The molecule has 0 aromatic heterocycles. The van der Waals surface area contributed by atoms with Gasteiger partial charge in [-0.25, -0.2) is 0 Å². The zero-order chi connectivity index (χ0) is 22.9. The van der Waals surface area contributed by atoms with Crippen molar-refractivity contribution in [3.8, 4) is 0 Å². The molecule has 0 atom stereocenters. The lowest BCUT2D eigenvalue weighted by atomic mass is 9.73. The number of hydrogen-bond donors (Lipinski definition) is 1. The van der Waals surface area contributed by atoms with Crippen molar-refractivity contribution in [3.63, 3.8) is 0 Å². The van der Waals surface area contributed by atoms with E-state index in [9.17, 15) is 19.5 Å². The van der Waals surface area contributed by atoms with Crippen molar-refractivity contribution in [1.29, 1.82) is 0 Å². The second-order valence-corrected chi connectivity index (χ2v) is 9.07. The molecule has 1 aliphatic carbocycles. The number of nitrogens with zero attached hydrogens (tertiary/aromatic N) is 2. The van der Waals surface area contributed by atoms with Crippen LogP contribution in [0.3, 0.4) is 0 Å². The van der Waals surface area contributed by atoms with Gasteiger partial charge in [-0.15, -0.1) is 0 Å². The maximum Gasteiger partial charge on any atom is 0.261 e. The predicted octanol–water partition coefficient (Wildman–Crippen LogP) is 5.04. The molecule has 1 aliphatic heterocycles. The number of allylic oxidation sites excluding steroid dienone is 2. The zero-order valence-electron chi connectivity index (χ0n) is 18.3. The molecule has 0 unspecified atom stereocenters. The first-order valence-corrected chi connectivity index (χ1v) is 10.8. The minimum absolute atomic E-state index is 0.0307. The molecule has 2 aromatic rings. The van der Waals surface area contributed by atoms with Crippen LogP contribution in [-0.2, 0) is 4.79 Å². The number of aliphatic hydroxyl groups excluding tert-OH is 1. The summed E-state index contributed by atoms with van der Waals surface area (Å²) < 4.78 is 0. The van der Waals surface area contributed by atoms with Gasteiger partial charge in [0.15, 0.2) is 5.78 Å². The molecule has 4 rings (SSSR count). The van der Waals surface area contributed by atoms with Gasteiger partial charge in [-0.05, 0) is 42.5 Å². The summed E-state index contributed by atoms with van der Waals surface area (Å²) in [7, 11) is 0. The minimum Gasteiger partial charge on any atom is -0.511 e. The van der Waals surface area contributed by atoms with Gasteiger partial charge in [0, 0.05) is 19.4 Å². The van der Waals surface area contributed by atoms with Gasteiger partial charge >= 0.3 is 0 Å². The number of amides is 2. The Hall–Kier alpha value is -3.54. The molecular weight excluding hydrogens is 404 g/mol. The summed E-state index contributed by atoms with van der Waals surface area (Å²) in [6.07, 6.45) is 1.45. The zero-order valence-corrected chi connectivity index (χ0v) is 18.3. The van der Waals surface area contributed by atoms with Crippen LogP contribution in [0.25, 0.3) is 0 Å². The van der Waals surface area contributed by atoms with Crippen LogP contribution >= 0.6 is 0 Å². The largest absolute Gasteiger partial charge is 0.511 e. The molecule has 6 heteroatoms. The minimum atomic E-state index is -0.320. The van der Waals surface area contributed by atoms with Crippen LogP contribution in [0.4, 0.5) is 5.69 Å². The predicted molar refractivity (Wildman–Crippen MR) is 122 cm³/mol. The number of hydrogen-bond acceptors (Lipinski definition) is 5. The molecule has 6 nitrogen and oxygen atoms in total. The molecule has 164 valence electrons. The topological polar surface area (TPSA) is 87.0 Å². The number of carbonyl (C=O) groups excluding carboxylic acids is 3. The normalized spacial score (nSPS) is 20.6. The standard InChI is InChI=1S/C26H26N2O4/c1-26(2)15-20(27-17-9-4-3-5-10-17)23(22(30)16-26)21(29)13-8-14-28-24(31)18-11-6-7-12-19(18)25(28)32/h3-7,9-12,29H,8,13-16H2,1-2H3. The number of benzene rings is 2. The summed E-state index contributed by atoms with van der Waals surface area (Å²) in [5.41, 5.74) is 2.15. The highest BCUT2D eigenvalue weighted by Crippen LogP contribution is 2.37. The fourth-order valence-corrected chi connectivity index (χ4v) is 4.34. The summed E-state index contributed by atoms with van der Waals surface area (Å²) in [6, 6.07) is 16.1. The Balaban J connectivity index is 1.52. The lowest BCUT2D eigenvalue weighted by molar-refractivity contribution is -0.117. The van der Waals surface area contributed by atoms with Crippen LogP contribution in [0.2, 0.25) is 0 Å². The van der Waals surface area contributed by atoms with Crippen molar-refractivity contribution in [3.05, 3.63) is 77.1 Å². The third-order valence-electron chi connectivity index (χ3n) is 5.83. The fraction of sp³-hybridized carbons (Fsp3) is 0.308. The van der Waals surface area contributed by atoms with Crippen molar-refractivity contribution in [2.75, 3.05) is 6.54 Å². The number of ketones is 1. The van der Waals surface area contributed by atoms with E-state index in [0.717, 1.165) is 5.69 Å². The van der Waals surface area contributed by atoms with Crippen LogP contribution in [0, 0.1) is 5.41 Å². The molecule has 1 saturated carbocycles. The molecule has 1 N–H and O–H groups in total. The van der Waals surface area contributed by atoms with Crippen molar-refractivity contribution in [2.45, 2.75) is 39.5 Å². The van der Waals surface area contributed by atoms with Gasteiger partial charge in [-0.2, -0.15) is 0 Å². The average Bonchev–Trinajstić information content (AvgIpc) is 2.98. The second kappa shape index (κ2) is 8.54. The Morgan fingerprint density at radius 2 is 1.53 bits per heavy atom. The lowest BCUT2D eigenvalue weighted by Crippen LogP contribution is -2.33. The number of imide groups is 1. The highest BCUT2D eigenvalue weighted by Gasteiger charge is 2.37. The highest BCUT2D eigenvalue weighted by molar-refractivity contribution is 6.25. The first-order valence-electron chi connectivity index (χ1n) is 10.8. The number of Topliss-reactive ketones (excluding diaryl/α,β-unsaturated/α-hetero) is 1. The number of fused-ring (bicyclic) bond motifs is 1. The molecule has 0 radical (unpaired) electrons. The Kier molecular flexibility index (Phi) is 5.78. The van der Waals surface area contributed by atoms with Crippen LogP contribution in [0.1, 0.15) is 60.2 Å². The molecule has 2 aliphatic rings.